The van der Waals surface area contributed by atoms with Crippen LogP contribution in [0.4, 0.5) is 0 Å². The van der Waals surface area contributed by atoms with E-state index in [0.717, 1.165) is 12.8 Å². The molecule has 34 heavy (non-hydrogen) atoms. The second kappa shape index (κ2) is 11.4. The van der Waals surface area contributed by atoms with Gasteiger partial charge in [0.25, 0.3) is 0 Å². The van der Waals surface area contributed by atoms with Crippen LogP contribution in [0, 0.1) is 17.3 Å². The van der Waals surface area contributed by atoms with Gasteiger partial charge in [0.2, 0.25) is 15.9 Å². The standard InChI is InChI=1S/C25H37N3O5S/c1-25(2,3)22(24(29)30)20(16-10-13-18-11-6-4-7-12-18)23-27-21(28-33-23)17-26-34(31,32)19-14-8-5-9-15-19/h5,8-9,14-15,18,20,22,26H,4,6-7,10-13,16-17H2,1-3H3,(H,29,30)/t20-,22?/m1/s1. The van der Waals surface area contributed by atoms with E-state index < -0.39 is 33.2 Å². The number of carbonyl (C=O) groups is 1. The summed E-state index contributed by atoms with van der Waals surface area (Å²) in [6.45, 7) is 5.59. The lowest BCUT2D eigenvalue weighted by Crippen LogP contribution is -2.34. The molecule has 0 spiro atoms. The fraction of sp³-hybridized carbons (Fsp3) is 0.640. The maximum absolute atomic E-state index is 12.5. The molecule has 1 aromatic carbocycles. The predicted octanol–water partition coefficient (Wildman–Crippen LogP) is 5.13. The number of carboxylic acid groups (broad SMARTS) is 1. The normalized spacial score (nSPS) is 17.4. The van der Waals surface area contributed by atoms with E-state index in [2.05, 4.69) is 14.9 Å². The number of aromatic nitrogens is 2. The Balaban J connectivity index is 1.73. The molecular formula is C25H37N3O5S. The molecule has 1 aliphatic rings. The summed E-state index contributed by atoms with van der Waals surface area (Å²) in [4.78, 5) is 16.8. The van der Waals surface area contributed by atoms with Gasteiger partial charge in [0.1, 0.15) is 0 Å². The first kappa shape index (κ1) is 26.3. The van der Waals surface area contributed by atoms with Gasteiger partial charge in [-0.25, -0.2) is 13.1 Å². The largest absolute Gasteiger partial charge is 0.481 e. The van der Waals surface area contributed by atoms with Crippen molar-refractivity contribution in [1.82, 2.24) is 14.9 Å². The Labute approximate surface area is 202 Å². The summed E-state index contributed by atoms with van der Waals surface area (Å²) in [5.41, 5.74) is -0.509. The molecule has 2 aromatic rings. The van der Waals surface area contributed by atoms with Gasteiger partial charge in [-0.1, -0.05) is 89.1 Å². The van der Waals surface area contributed by atoms with Crippen molar-refractivity contribution in [2.75, 3.05) is 0 Å². The zero-order valence-corrected chi connectivity index (χ0v) is 21.2. The Bertz CT molecular complexity index is 1020. The van der Waals surface area contributed by atoms with Gasteiger partial charge in [-0.3, -0.25) is 4.79 Å². The van der Waals surface area contributed by atoms with Gasteiger partial charge in [-0.15, -0.1) is 0 Å². The van der Waals surface area contributed by atoms with Crippen LogP contribution < -0.4 is 4.72 Å². The van der Waals surface area contributed by atoms with E-state index in [4.69, 9.17) is 4.52 Å². The highest BCUT2D eigenvalue weighted by Gasteiger charge is 2.41. The number of aliphatic carboxylic acids is 1. The molecule has 188 valence electrons. The van der Waals surface area contributed by atoms with Crippen LogP contribution in [0.5, 0.6) is 0 Å². The zero-order chi connectivity index (χ0) is 24.8. The van der Waals surface area contributed by atoms with E-state index >= 15 is 0 Å². The van der Waals surface area contributed by atoms with Gasteiger partial charge < -0.3 is 9.63 Å². The van der Waals surface area contributed by atoms with E-state index in [9.17, 15) is 18.3 Å². The summed E-state index contributed by atoms with van der Waals surface area (Å²) < 4.78 is 33.0. The molecule has 1 heterocycles. The van der Waals surface area contributed by atoms with Crippen molar-refractivity contribution in [3.05, 3.63) is 42.0 Å². The monoisotopic (exact) mass is 491 g/mol. The molecular weight excluding hydrogens is 454 g/mol. The van der Waals surface area contributed by atoms with Crippen molar-refractivity contribution in [2.24, 2.45) is 17.3 Å². The second-order valence-electron chi connectivity index (χ2n) is 10.4. The lowest BCUT2D eigenvalue weighted by atomic mass is 9.71. The van der Waals surface area contributed by atoms with E-state index in [0.29, 0.717) is 12.3 Å². The molecule has 1 fully saturated rings. The first-order chi connectivity index (χ1) is 16.1. The lowest BCUT2D eigenvalue weighted by molar-refractivity contribution is -0.147. The van der Waals surface area contributed by atoms with Crippen LogP contribution in [0.2, 0.25) is 0 Å². The summed E-state index contributed by atoms with van der Waals surface area (Å²) in [5.74, 6) is -0.872. The molecule has 1 aliphatic carbocycles. The summed E-state index contributed by atoms with van der Waals surface area (Å²) in [7, 11) is -3.71. The summed E-state index contributed by atoms with van der Waals surface area (Å²) in [6.07, 6.45) is 8.97. The van der Waals surface area contributed by atoms with Crippen LogP contribution in [0.1, 0.15) is 89.8 Å². The molecule has 2 N–H and O–H groups in total. The van der Waals surface area contributed by atoms with Crippen LogP contribution in [0.25, 0.3) is 0 Å². The third-order valence-corrected chi connectivity index (χ3v) is 8.15. The van der Waals surface area contributed by atoms with Gasteiger partial charge in [0.15, 0.2) is 5.82 Å². The average Bonchev–Trinajstić information content (AvgIpc) is 3.26. The topological polar surface area (TPSA) is 122 Å². The Morgan fingerprint density at radius 1 is 1.18 bits per heavy atom. The van der Waals surface area contributed by atoms with E-state index in [-0.39, 0.29) is 23.2 Å². The fourth-order valence-corrected chi connectivity index (χ4v) is 6.01. The van der Waals surface area contributed by atoms with Crippen molar-refractivity contribution in [3.63, 3.8) is 0 Å². The molecule has 8 nitrogen and oxygen atoms in total. The molecule has 0 bridgehead atoms. The van der Waals surface area contributed by atoms with Crippen molar-refractivity contribution in [2.45, 2.75) is 89.5 Å². The minimum atomic E-state index is -3.71. The van der Waals surface area contributed by atoms with Crippen LogP contribution in [0.3, 0.4) is 0 Å². The van der Waals surface area contributed by atoms with Crippen LogP contribution in [-0.4, -0.2) is 29.6 Å². The third-order valence-electron chi connectivity index (χ3n) is 6.73. The molecule has 1 saturated carbocycles. The highest BCUT2D eigenvalue weighted by atomic mass is 32.2. The third kappa shape index (κ3) is 7.12. The lowest BCUT2D eigenvalue weighted by Gasteiger charge is -2.32. The maximum atomic E-state index is 12.5. The zero-order valence-electron chi connectivity index (χ0n) is 20.4. The van der Waals surface area contributed by atoms with Gasteiger partial charge in [0, 0.05) is 0 Å². The van der Waals surface area contributed by atoms with Crippen molar-refractivity contribution in [3.8, 4) is 0 Å². The Hall–Kier alpha value is -2.26. The summed E-state index contributed by atoms with van der Waals surface area (Å²) >= 11 is 0. The number of rotatable bonds is 11. The Morgan fingerprint density at radius 3 is 2.47 bits per heavy atom. The minimum absolute atomic E-state index is 0.136. The average molecular weight is 492 g/mol. The van der Waals surface area contributed by atoms with Gasteiger partial charge in [-0.05, 0) is 29.9 Å². The van der Waals surface area contributed by atoms with Crippen molar-refractivity contribution < 1.29 is 22.8 Å². The highest BCUT2D eigenvalue weighted by Crippen LogP contribution is 2.41. The SMILES string of the molecule is CC(C)(C)C(C(=O)O)[C@@H](CCCC1CCCCC1)c1nc(CNS(=O)(=O)c2ccccc2)no1. The summed E-state index contributed by atoms with van der Waals surface area (Å²) in [6, 6.07) is 8.06. The molecule has 9 heteroatoms. The second-order valence-corrected chi connectivity index (χ2v) is 12.2. The number of carboxylic acids is 1. The molecule has 3 rings (SSSR count). The van der Waals surface area contributed by atoms with Crippen molar-refractivity contribution >= 4 is 16.0 Å². The van der Waals surface area contributed by atoms with E-state index in [1.165, 1.54) is 44.2 Å². The smallest absolute Gasteiger partial charge is 0.307 e. The molecule has 1 aromatic heterocycles. The molecule has 0 aliphatic heterocycles. The molecule has 0 amide bonds. The molecule has 1 unspecified atom stereocenters. The quantitative estimate of drug-likeness (QED) is 0.447. The first-order valence-electron chi connectivity index (χ1n) is 12.2. The highest BCUT2D eigenvalue weighted by molar-refractivity contribution is 7.89. The van der Waals surface area contributed by atoms with Crippen LogP contribution >= 0.6 is 0 Å². The molecule has 0 radical (unpaired) electrons. The van der Waals surface area contributed by atoms with Crippen LogP contribution in [-0.2, 0) is 21.4 Å². The minimum Gasteiger partial charge on any atom is -0.481 e. The van der Waals surface area contributed by atoms with E-state index in [1.54, 1.807) is 18.2 Å². The van der Waals surface area contributed by atoms with Gasteiger partial charge >= 0.3 is 5.97 Å². The first-order valence-corrected chi connectivity index (χ1v) is 13.7. The van der Waals surface area contributed by atoms with Crippen molar-refractivity contribution in [1.29, 1.82) is 0 Å². The number of hydrogen-bond acceptors (Lipinski definition) is 6. The van der Waals surface area contributed by atoms with E-state index in [1.807, 2.05) is 20.8 Å². The number of benzene rings is 1. The number of nitrogens with one attached hydrogen (secondary N) is 1. The van der Waals surface area contributed by atoms with Gasteiger partial charge in [0.05, 0.1) is 23.3 Å². The van der Waals surface area contributed by atoms with Crippen LogP contribution in [0.15, 0.2) is 39.8 Å². The number of hydrogen-bond donors (Lipinski definition) is 2. The Kier molecular flexibility index (Phi) is 8.87. The maximum Gasteiger partial charge on any atom is 0.307 e. The summed E-state index contributed by atoms with van der Waals surface area (Å²) in [5, 5.41) is 14.0. The predicted molar refractivity (Wildman–Crippen MR) is 129 cm³/mol. The Morgan fingerprint density at radius 2 is 1.85 bits per heavy atom. The number of nitrogens with zero attached hydrogens (tertiary/aromatic N) is 2. The molecule has 0 saturated heterocycles. The fourth-order valence-electron chi connectivity index (χ4n) is 5.01. The van der Waals surface area contributed by atoms with Gasteiger partial charge in [-0.2, -0.15) is 4.98 Å². The molecule has 2 atom stereocenters. The number of sulfonamides is 1.